The molecule has 0 radical (unpaired) electrons. The average Bonchev–Trinajstić information content (AvgIpc) is 2.66. The zero-order chi connectivity index (χ0) is 19.6. The van der Waals surface area contributed by atoms with Crippen LogP contribution in [0.2, 0.25) is 0 Å². The molecule has 1 aliphatic heterocycles. The van der Waals surface area contributed by atoms with E-state index in [1.807, 2.05) is 0 Å². The highest BCUT2D eigenvalue weighted by Gasteiger charge is 2.20. The van der Waals surface area contributed by atoms with Crippen LogP contribution in [0.3, 0.4) is 0 Å². The number of carboxylic acids is 2. The predicted molar refractivity (Wildman–Crippen MR) is 108 cm³/mol. The number of halogens is 1. The lowest BCUT2D eigenvalue weighted by atomic mass is 9.94. The van der Waals surface area contributed by atoms with Gasteiger partial charge in [0.25, 0.3) is 0 Å². The molecule has 0 amide bonds. The predicted octanol–water partition coefficient (Wildman–Crippen LogP) is 3.08. The summed E-state index contributed by atoms with van der Waals surface area (Å²) in [6.45, 7) is 7.27. The standard InChI is InChI=1S/C18H25BrN2.C2H2O4/c19-18-8-6-17(7-9-18)15-21-12-10-20(11-13-21)14-16-4-2-1-3-5-16;3-1(4)2(5)6/h1-2,6-9,16H,3-5,10-15H2;(H,3,4)(H,5,6). The molecule has 2 aliphatic rings. The summed E-state index contributed by atoms with van der Waals surface area (Å²) in [5.41, 5.74) is 1.42. The number of nitrogens with zero attached hydrogens (tertiary/aromatic N) is 2. The summed E-state index contributed by atoms with van der Waals surface area (Å²) in [4.78, 5) is 23.5. The van der Waals surface area contributed by atoms with Crippen molar-refractivity contribution in [3.63, 3.8) is 0 Å². The van der Waals surface area contributed by atoms with E-state index in [-0.39, 0.29) is 0 Å². The highest BCUT2D eigenvalue weighted by atomic mass is 79.9. The molecule has 1 aliphatic carbocycles. The van der Waals surface area contributed by atoms with Gasteiger partial charge >= 0.3 is 11.9 Å². The highest BCUT2D eigenvalue weighted by molar-refractivity contribution is 9.10. The van der Waals surface area contributed by atoms with Gasteiger partial charge in [-0.15, -0.1) is 0 Å². The lowest BCUT2D eigenvalue weighted by molar-refractivity contribution is -0.159. The van der Waals surface area contributed by atoms with Crippen molar-refractivity contribution < 1.29 is 19.8 Å². The Balaban J connectivity index is 0.000000380. The summed E-state index contributed by atoms with van der Waals surface area (Å²) in [5.74, 6) is -2.75. The molecular weight excluding hydrogens is 412 g/mol. The van der Waals surface area contributed by atoms with E-state index >= 15 is 0 Å². The van der Waals surface area contributed by atoms with E-state index in [0.717, 1.165) is 16.9 Å². The molecular formula is C20H27BrN2O4. The summed E-state index contributed by atoms with van der Waals surface area (Å²) in [5, 5.41) is 14.8. The van der Waals surface area contributed by atoms with E-state index in [1.54, 1.807) is 0 Å². The fourth-order valence-electron chi connectivity index (χ4n) is 3.37. The maximum absolute atomic E-state index is 9.10. The van der Waals surface area contributed by atoms with Gasteiger partial charge < -0.3 is 15.1 Å². The minimum atomic E-state index is -1.82. The van der Waals surface area contributed by atoms with Crippen LogP contribution in [0.5, 0.6) is 0 Å². The van der Waals surface area contributed by atoms with Crippen LogP contribution >= 0.6 is 15.9 Å². The van der Waals surface area contributed by atoms with E-state index in [2.05, 4.69) is 62.1 Å². The van der Waals surface area contributed by atoms with Crippen LogP contribution < -0.4 is 0 Å². The largest absolute Gasteiger partial charge is 0.473 e. The number of carbonyl (C=O) groups is 2. The maximum atomic E-state index is 9.10. The SMILES string of the molecule is Brc1ccc(CN2CCN(CC3CC=CCC3)CC2)cc1.O=C(O)C(=O)O. The van der Waals surface area contributed by atoms with Crippen molar-refractivity contribution in [3.05, 3.63) is 46.5 Å². The molecule has 7 heteroatoms. The normalized spacial score (nSPS) is 20.6. The number of carboxylic acid groups (broad SMARTS) is 2. The Labute approximate surface area is 168 Å². The first-order valence-electron chi connectivity index (χ1n) is 9.24. The first-order valence-corrected chi connectivity index (χ1v) is 10.0. The van der Waals surface area contributed by atoms with E-state index in [1.165, 1.54) is 57.5 Å². The third kappa shape index (κ3) is 8.24. The Morgan fingerprint density at radius 1 is 0.963 bits per heavy atom. The summed E-state index contributed by atoms with van der Waals surface area (Å²) in [6, 6.07) is 8.74. The second-order valence-electron chi connectivity index (χ2n) is 6.96. The van der Waals surface area contributed by atoms with Crippen LogP contribution in [0.4, 0.5) is 0 Å². The second-order valence-corrected chi connectivity index (χ2v) is 7.88. The molecule has 1 fully saturated rings. The molecule has 27 heavy (non-hydrogen) atoms. The van der Waals surface area contributed by atoms with E-state index in [0.29, 0.717) is 0 Å². The maximum Gasteiger partial charge on any atom is 0.414 e. The van der Waals surface area contributed by atoms with Crippen molar-refractivity contribution >= 4 is 27.9 Å². The number of piperazine rings is 1. The van der Waals surface area contributed by atoms with E-state index < -0.39 is 11.9 Å². The molecule has 1 aromatic rings. The van der Waals surface area contributed by atoms with Crippen molar-refractivity contribution in [2.45, 2.75) is 25.8 Å². The number of hydrogen-bond donors (Lipinski definition) is 2. The van der Waals surface area contributed by atoms with Crippen LogP contribution in [-0.2, 0) is 16.1 Å². The lowest BCUT2D eigenvalue weighted by Crippen LogP contribution is -2.47. The molecule has 1 aromatic carbocycles. The molecule has 148 valence electrons. The van der Waals surface area contributed by atoms with Crippen molar-refractivity contribution in [1.82, 2.24) is 9.80 Å². The second kappa shape index (κ2) is 11.2. The highest BCUT2D eigenvalue weighted by Crippen LogP contribution is 2.20. The third-order valence-electron chi connectivity index (χ3n) is 4.86. The Morgan fingerprint density at radius 3 is 2.07 bits per heavy atom. The number of benzene rings is 1. The molecule has 1 heterocycles. The van der Waals surface area contributed by atoms with Gasteiger partial charge in [-0.3, -0.25) is 4.90 Å². The molecule has 0 aromatic heterocycles. The smallest absolute Gasteiger partial charge is 0.414 e. The molecule has 6 nitrogen and oxygen atoms in total. The lowest BCUT2D eigenvalue weighted by Gasteiger charge is -2.36. The van der Waals surface area contributed by atoms with Gasteiger partial charge in [-0.05, 0) is 42.9 Å². The zero-order valence-electron chi connectivity index (χ0n) is 15.4. The van der Waals surface area contributed by atoms with Crippen molar-refractivity contribution in [3.8, 4) is 0 Å². The van der Waals surface area contributed by atoms with Gasteiger partial charge in [0.2, 0.25) is 0 Å². The van der Waals surface area contributed by atoms with Gasteiger partial charge in [0.1, 0.15) is 0 Å². The van der Waals surface area contributed by atoms with Crippen LogP contribution in [0, 0.1) is 5.92 Å². The van der Waals surface area contributed by atoms with Gasteiger partial charge in [-0.1, -0.05) is 40.2 Å². The molecule has 0 bridgehead atoms. The Bertz CT molecular complexity index is 628. The van der Waals surface area contributed by atoms with Crippen molar-refractivity contribution in [2.75, 3.05) is 32.7 Å². The molecule has 3 rings (SSSR count). The first-order chi connectivity index (χ1) is 12.9. The number of allylic oxidation sites excluding steroid dienone is 2. The van der Waals surface area contributed by atoms with Crippen LogP contribution in [0.25, 0.3) is 0 Å². The van der Waals surface area contributed by atoms with Crippen LogP contribution in [-0.4, -0.2) is 64.7 Å². The number of hydrogen-bond acceptors (Lipinski definition) is 4. The van der Waals surface area contributed by atoms with E-state index in [9.17, 15) is 0 Å². The summed E-state index contributed by atoms with van der Waals surface area (Å²) < 4.78 is 1.16. The molecule has 1 atom stereocenters. The van der Waals surface area contributed by atoms with Gasteiger partial charge in [0, 0.05) is 43.7 Å². The summed E-state index contributed by atoms with van der Waals surface area (Å²) in [7, 11) is 0. The molecule has 2 N–H and O–H groups in total. The summed E-state index contributed by atoms with van der Waals surface area (Å²) >= 11 is 3.50. The van der Waals surface area contributed by atoms with Gasteiger partial charge in [0.15, 0.2) is 0 Å². The van der Waals surface area contributed by atoms with Gasteiger partial charge in [-0.2, -0.15) is 0 Å². The van der Waals surface area contributed by atoms with Gasteiger partial charge in [-0.25, -0.2) is 9.59 Å². The quantitative estimate of drug-likeness (QED) is 0.555. The molecule has 1 saturated heterocycles. The van der Waals surface area contributed by atoms with Gasteiger partial charge in [0.05, 0.1) is 0 Å². The molecule has 1 unspecified atom stereocenters. The Morgan fingerprint density at radius 2 is 1.56 bits per heavy atom. The minimum Gasteiger partial charge on any atom is -0.473 e. The van der Waals surface area contributed by atoms with Crippen molar-refractivity contribution in [1.29, 1.82) is 0 Å². The zero-order valence-corrected chi connectivity index (χ0v) is 17.0. The Kier molecular flexibility index (Phi) is 8.97. The summed E-state index contributed by atoms with van der Waals surface area (Å²) in [6.07, 6.45) is 8.67. The van der Waals surface area contributed by atoms with Crippen LogP contribution in [0.1, 0.15) is 24.8 Å². The first kappa shape index (κ1) is 21.6. The third-order valence-corrected chi connectivity index (χ3v) is 5.39. The number of rotatable bonds is 4. The fourth-order valence-corrected chi connectivity index (χ4v) is 3.63. The van der Waals surface area contributed by atoms with Crippen molar-refractivity contribution in [2.24, 2.45) is 5.92 Å². The monoisotopic (exact) mass is 438 g/mol. The van der Waals surface area contributed by atoms with Crippen LogP contribution in [0.15, 0.2) is 40.9 Å². The van der Waals surface area contributed by atoms with E-state index in [4.69, 9.17) is 19.8 Å². The number of aliphatic carboxylic acids is 2. The fraction of sp³-hybridized carbons (Fsp3) is 0.500. The minimum absolute atomic E-state index is 0.896. The molecule has 0 spiro atoms. The average molecular weight is 439 g/mol. The topological polar surface area (TPSA) is 81.1 Å². The molecule has 0 saturated carbocycles. The Hall–Kier alpha value is -1.70.